The van der Waals surface area contributed by atoms with Gasteiger partial charge in [-0.25, -0.2) is 8.42 Å². The summed E-state index contributed by atoms with van der Waals surface area (Å²) in [6.07, 6.45) is -0.434. The van der Waals surface area contributed by atoms with Crippen molar-refractivity contribution < 1.29 is 17.9 Å². The molecular weight excluding hydrogens is 412 g/mol. The second kappa shape index (κ2) is 8.83. The van der Waals surface area contributed by atoms with E-state index in [0.29, 0.717) is 0 Å². The molecule has 0 aromatic heterocycles. The zero-order valence-corrected chi connectivity index (χ0v) is 18.2. The van der Waals surface area contributed by atoms with Crippen LogP contribution in [-0.2, 0) is 14.8 Å². The maximum absolute atomic E-state index is 13.2. The Morgan fingerprint density at radius 3 is 2.38 bits per heavy atom. The van der Waals surface area contributed by atoms with Crippen LogP contribution in [0.4, 0.5) is 0 Å². The molecule has 3 rings (SSSR count). The highest BCUT2D eigenvalue weighted by Crippen LogP contribution is 2.28. The van der Waals surface area contributed by atoms with E-state index in [1.807, 2.05) is 51.1 Å². The summed E-state index contributed by atoms with van der Waals surface area (Å²) >= 11 is 6.21. The Kier molecular flexibility index (Phi) is 6.63. The largest absolute Gasteiger partial charge is 0.373 e. The summed E-state index contributed by atoms with van der Waals surface area (Å²) in [5.41, 5.74) is 1.20. The third-order valence-electron chi connectivity index (χ3n) is 4.84. The minimum absolute atomic E-state index is 0.0690. The number of nitrogens with one attached hydrogen (secondary N) is 1. The van der Waals surface area contributed by atoms with Crippen LogP contribution in [0.1, 0.15) is 42.7 Å². The SMILES string of the molecule is CC1CN(S(=O)(=O)c2cc(C(=O)NC(C)c3ccccc3)ccc2Cl)CC(C)O1. The van der Waals surface area contributed by atoms with Crippen LogP contribution < -0.4 is 5.32 Å². The first-order valence-corrected chi connectivity index (χ1v) is 11.3. The van der Waals surface area contributed by atoms with E-state index in [1.165, 1.54) is 22.5 Å². The second-order valence-corrected chi connectivity index (χ2v) is 9.64. The number of sulfonamides is 1. The number of halogens is 1. The fourth-order valence-corrected chi connectivity index (χ4v) is 5.50. The molecule has 156 valence electrons. The van der Waals surface area contributed by atoms with Crippen molar-refractivity contribution in [3.8, 4) is 0 Å². The van der Waals surface area contributed by atoms with Crippen LogP contribution in [0.2, 0.25) is 5.02 Å². The Labute approximate surface area is 176 Å². The summed E-state index contributed by atoms with van der Waals surface area (Å²) in [6, 6.07) is 13.6. The van der Waals surface area contributed by atoms with Crippen molar-refractivity contribution in [3.05, 3.63) is 64.7 Å². The van der Waals surface area contributed by atoms with Crippen LogP contribution in [0.25, 0.3) is 0 Å². The second-order valence-electron chi connectivity index (χ2n) is 7.33. The Morgan fingerprint density at radius 1 is 1.14 bits per heavy atom. The van der Waals surface area contributed by atoms with Gasteiger partial charge in [0.05, 0.1) is 23.3 Å². The molecule has 2 aromatic rings. The molecule has 1 fully saturated rings. The molecular formula is C21H25ClN2O4S. The molecule has 1 saturated heterocycles. The molecule has 29 heavy (non-hydrogen) atoms. The fourth-order valence-electron chi connectivity index (χ4n) is 3.41. The van der Waals surface area contributed by atoms with E-state index in [2.05, 4.69) is 5.32 Å². The summed E-state index contributed by atoms with van der Waals surface area (Å²) in [6.45, 7) is 6.01. The number of benzene rings is 2. The average Bonchev–Trinajstić information content (AvgIpc) is 2.68. The predicted octanol–water partition coefficient (Wildman–Crippen LogP) is 3.63. The first-order valence-electron chi connectivity index (χ1n) is 9.49. The summed E-state index contributed by atoms with van der Waals surface area (Å²) in [7, 11) is -3.85. The van der Waals surface area contributed by atoms with Crippen molar-refractivity contribution in [2.75, 3.05) is 13.1 Å². The Bertz CT molecular complexity index is 971. The number of carbonyl (C=O) groups is 1. The van der Waals surface area contributed by atoms with Gasteiger partial charge >= 0.3 is 0 Å². The monoisotopic (exact) mass is 436 g/mol. The van der Waals surface area contributed by atoms with Crippen LogP contribution in [0.3, 0.4) is 0 Å². The molecule has 0 radical (unpaired) electrons. The molecule has 3 unspecified atom stereocenters. The normalized spacial score (nSPS) is 21.5. The van der Waals surface area contributed by atoms with E-state index in [0.717, 1.165) is 5.56 Å². The molecule has 0 spiro atoms. The third kappa shape index (κ3) is 4.98. The smallest absolute Gasteiger partial charge is 0.251 e. The van der Waals surface area contributed by atoms with Crippen molar-refractivity contribution in [1.82, 2.24) is 9.62 Å². The van der Waals surface area contributed by atoms with E-state index in [1.54, 1.807) is 0 Å². The van der Waals surface area contributed by atoms with Gasteiger partial charge < -0.3 is 10.1 Å². The molecule has 0 saturated carbocycles. The van der Waals surface area contributed by atoms with E-state index in [-0.39, 0.29) is 52.7 Å². The molecule has 1 aliphatic rings. The van der Waals surface area contributed by atoms with Gasteiger partial charge in [0.15, 0.2) is 0 Å². The summed E-state index contributed by atoms with van der Waals surface area (Å²) in [5.74, 6) is -0.363. The van der Waals surface area contributed by atoms with Crippen LogP contribution in [0, 0.1) is 0 Å². The van der Waals surface area contributed by atoms with Gasteiger partial charge in [0.2, 0.25) is 10.0 Å². The van der Waals surface area contributed by atoms with Crippen molar-refractivity contribution in [2.45, 2.75) is 43.9 Å². The molecule has 1 heterocycles. The van der Waals surface area contributed by atoms with E-state index in [9.17, 15) is 13.2 Å². The average molecular weight is 437 g/mol. The number of morpholine rings is 1. The number of amides is 1. The number of ether oxygens (including phenoxy) is 1. The van der Waals surface area contributed by atoms with Gasteiger partial charge in [-0.15, -0.1) is 0 Å². The number of hydrogen-bond donors (Lipinski definition) is 1. The first kappa shape index (κ1) is 21.8. The molecule has 3 atom stereocenters. The van der Waals surface area contributed by atoms with Crippen LogP contribution >= 0.6 is 11.6 Å². The predicted molar refractivity (Wildman–Crippen MR) is 113 cm³/mol. The molecule has 1 amide bonds. The van der Waals surface area contributed by atoms with E-state index >= 15 is 0 Å². The van der Waals surface area contributed by atoms with Gasteiger partial charge in [-0.3, -0.25) is 4.79 Å². The fraction of sp³-hybridized carbons (Fsp3) is 0.381. The van der Waals surface area contributed by atoms with Gasteiger partial charge in [-0.2, -0.15) is 4.31 Å². The summed E-state index contributed by atoms with van der Waals surface area (Å²) < 4.78 is 33.3. The minimum Gasteiger partial charge on any atom is -0.373 e. The van der Waals surface area contributed by atoms with Crippen molar-refractivity contribution in [1.29, 1.82) is 0 Å². The lowest BCUT2D eigenvalue weighted by Crippen LogP contribution is -2.48. The first-order chi connectivity index (χ1) is 13.7. The minimum atomic E-state index is -3.85. The van der Waals surface area contributed by atoms with Crippen molar-refractivity contribution in [3.63, 3.8) is 0 Å². The number of rotatable bonds is 5. The molecule has 8 heteroatoms. The van der Waals surface area contributed by atoms with Gasteiger partial charge in [0.1, 0.15) is 4.90 Å². The zero-order chi connectivity index (χ0) is 21.2. The van der Waals surface area contributed by atoms with E-state index < -0.39 is 10.0 Å². The van der Waals surface area contributed by atoms with Crippen molar-refractivity contribution in [2.24, 2.45) is 0 Å². The topological polar surface area (TPSA) is 75.7 Å². The van der Waals surface area contributed by atoms with Gasteiger partial charge in [0, 0.05) is 18.7 Å². The molecule has 2 aromatic carbocycles. The third-order valence-corrected chi connectivity index (χ3v) is 7.16. The quantitative estimate of drug-likeness (QED) is 0.776. The lowest BCUT2D eigenvalue weighted by molar-refractivity contribution is -0.0440. The van der Waals surface area contributed by atoms with Crippen LogP contribution in [-0.4, -0.2) is 43.9 Å². The standard InChI is InChI=1S/C21H25ClN2O4S/c1-14-12-24(13-15(2)28-14)29(26,27)20-11-18(9-10-19(20)22)21(25)23-16(3)17-7-5-4-6-8-17/h4-11,14-16H,12-13H2,1-3H3,(H,23,25). The Hall–Kier alpha value is -1.93. The van der Waals surface area contributed by atoms with Gasteiger partial charge in [-0.1, -0.05) is 41.9 Å². The molecule has 6 nitrogen and oxygen atoms in total. The van der Waals surface area contributed by atoms with Crippen LogP contribution in [0.15, 0.2) is 53.4 Å². The Morgan fingerprint density at radius 2 is 1.76 bits per heavy atom. The lowest BCUT2D eigenvalue weighted by Gasteiger charge is -2.34. The number of nitrogens with zero attached hydrogens (tertiary/aromatic N) is 1. The van der Waals surface area contributed by atoms with Gasteiger partial charge in [-0.05, 0) is 44.5 Å². The lowest BCUT2D eigenvalue weighted by atomic mass is 10.1. The highest BCUT2D eigenvalue weighted by molar-refractivity contribution is 7.89. The highest BCUT2D eigenvalue weighted by Gasteiger charge is 2.34. The van der Waals surface area contributed by atoms with E-state index in [4.69, 9.17) is 16.3 Å². The van der Waals surface area contributed by atoms with Gasteiger partial charge in [0.25, 0.3) is 5.91 Å². The number of hydrogen-bond acceptors (Lipinski definition) is 4. The molecule has 0 aliphatic carbocycles. The highest BCUT2D eigenvalue weighted by atomic mass is 35.5. The van der Waals surface area contributed by atoms with Crippen LogP contribution in [0.5, 0.6) is 0 Å². The molecule has 0 bridgehead atoms. The van der Waals surface area contributed by atoms with Crippen molar-refractivity contribution >= 4 is 27.5 Å². The maximum Gasteiger partial charge on any atom is 0.251 e. The summed E-state index contributed by atoms with van der Waals surface area (Å²) in [5, 5.41) is 2.98. The molecule has 1 N–H and O–H groups in total. The Balaban J connectivity index is 1.85. The summed E-state index contributed by atoms with van der Waals surface area (Å²) in [4.78, 5) is 12.6. The number of carbonyl (C=O) groups excluding carboxylic acids is 1. The maximum atomic E-state index is 13.2. The zero-order valence-electron chi connectivity index (χ0n) is 16.6. The molecule has 1 aliphatic heterocycles.